The zero-order valence-electron chi connectivity index (χ0n) is 12.5. The highest BCUT2D eigenvalue weighted by molar-refractivity contribution is 6.31. The molecule has 0 N–H and O–H groups in total. The summed E-state index contributed by atoms with van der Waals surface area (Å²) < 4.78 is 7.56. The summed E-state index contributed by atoms with van der Waals surface area (Å²) in [6.07, 6.45) is 1.85. The fourth-order valence-corrected chi connectivity index (χ4v) is 3.12. The van der Waals surface area contributed by atoms with Gasteiger partial charge in [-0.1, -0.05) is 29.8 Å². The minimum absolute atomic E-state index is 0.0192. The Morgan fingerprint density at radius 1 is 1.22 bits per heavy atom. The first kappa shape index (κ1) is 14.3. The molecule has 23 heavy (non-hydrogen) atoms. The van der Waals surface area contributed by atoms with Crippen LogP contribution in [0.25, 0.3) is 10.9 Å². The Kier molecular flexibility index (Phi) is 3.54. The lowest BCUT2D eigenvalue weighted by molar-refractivity contribution is 0.306. The molecule has 0 aliphatic carbocycles. The largest absolute Gasteiger partial charge is 0.489 e. The highest BCUT2D eigenvalue weighted by Crippen LogP contribution is 2.22. The van der Waals surface area contributed by atoms with E-state index in [1.54, 1.807) is 10.6 Å². The zero-order chi connectivity index (χ0) is 15.8. The van der Waals surface area contributed by atoms with Crippen molar-refractivity contribution in [1.29, 1.82) is 0 Å². The minimum Gasteiger partial charge on any atom is -0.489 e. The van der Waals surface area contributed by atoms with Gasteiger partial charge in [0.25, 0.3) is 5.56 Å². The van der Waals surface area contributed by atoms with Crippen molar-refractivity contribution in [1.82, 2.24) is 9.55 Å². The van der Waals surface area contributed by atoms with Gasteiger partial charge in [0, 0.05) is 23.6 Å². The zero-order valence-corrected chi connectivity index (χ0v) is 13.2. The van der Waals surface area contributed by atoms with Crippen LogP contribution in [0.4, 0.5) is 0 Å². The molecule has 2 aromatic carbocycles. The van der Waals surface area contributed by atoms with E-state index in [9.17, 15) is 4.79 Å². The van der Waals surface area contributed by atoms with Crippen LogP contribution in [-0.2, 0) is 19.6 Å². The minimum atomic E-state index is 0.0192. The van der Waals surface area contributed by atoms with Gasteiger partial charge in [-0.15, -0.1) is 0 Å². The van der Waals surface area contributed by atoms with Crippen LogP contribution in [0, 0.1) is 0 Å². The Hall–Kier alpha value is -2.33. The third-order valence-corrected chi connectivity index (χ3v) is 4.51. The molecule has 2 heterocycles. The highest BCUT2D eigenvalue weighted by atomic mass is 35.5. The van der Waals surface area contributed by atoms with Gasteiger partial charge in [-0.05, 0) is 30.7 Å². The molecule has 0 amide bonds. The maximum absolute atomic E-state index is 12.5. The highest BCUT2D eigenvalue weighted by Gasteiger charge is 2.16. The average Bonchev–Trinajstić information content (AvgIpc) is 3.03. The monoisotopic (exact) mass is 326 g/mol. The van der Waals surface area contributed by atoms with E-state index in [0.29, 0.717) is 22.8 Å². The Morgan fingerprint density at radius 3 is 2.96 bits per heavy atom. The summed E-state index contributed by atoms with van der Waals surface area (Å²) in [5.74, 6) is 1.53. The van der Waals surface area contributed by atoms with Crippen molar-refractivity contribution in [2.24, 2.45) is 0 Å². The van der Waals surface area contributed by atoms with Gasteiger partial charge in [-0.3, -0.25) is 9.36 Å². The number of nitrogens with zero attached hydrogens (tertiary/aromatic N) is 2. The molecular weight excluding hydrogens is 312 g/mol. The van der Waals surface area contributed by atoms with Crippen LogP contribution < -0.4 is 10.3 Å². The first-order chi connectivity index (χ1) is 11.2. The van der Waals surface area contributed by atoms with E-state index in [1.807, 2.05) is 36.4 Å². The molecule has 3 aromatic rings. The molecule has 1 aliphatic heterocycles. The van der Waals surface area contributed by atoms with Gasteiger partial charge in [0.15, 0.2) is 0 Å². The molecule has 4 nitrogen and oxygen atoms in total. The molecule has 4 rings (SSSR count). The molecule has 1 aliphatic rings. The van der Waals surface area contributed by atoms with Crippen molar-refractivity contribution in [2.75, 3.05) is 0 Å². The van der Waals surface area contributed by atoms with Gasteiger partial charge in [0.2, 0.25) is 0 Å². The molecule has 0 spiro atoms. The lowest BCUT2D eigenvalue weighted by Gasteiger charge is -2.09. The molecule has 0 atom stereocenters. The lowest BCUT2D eigenvalue weighted by Crippen LogP contribution is -2.20. The number of rotatable bonds is 3. The fraction of sp³-hybridized carbons (Fsp3) is 0.222. The number of hydrogen-bond donors (Lipinski definition) is 0. The number of hydrogen-bond acceptors (Lipinski definition) is 3. The Balaban J connectivity index is 1.67. The van der Waals surface area contributed by atoms with Crippen LogP contribution in [-0.4, -0.2) is 9.55 Å². The van der Waals surface area contributed by atoms with Gasteiger partial charge in [-0.2, -0.15) is 0 Å². The second kappa shape index (κ2) is 5.70. The first-order valence-corrected chi connectivity index (χ1v) is 8.00. The summed E-state index contributed by atoms with van der Waals surface area (Å²) in [7, 11) is 0. The summed E-state index contributed by atoms with van der Waals surface area (Å²) in [5.41, 5.74) is 1.66. The average molecular weight is 327 g/mol. The normalized spacial score (nSPS) is 13.3. The molecule has 1 aromatic heterocycles. The van der Waals surface area contributed by atoms with Gasteiger partial charge in [0.05, 0.1) is 10.9 Å². The summed E-state index contributed by atoms with van der Waals surface area (Å²) in [6.45, 7) is 1.12. The standard InChI is InChI=1S/C18H15ClN2O2/c19-15-5-2-1-4-12(15)11-23-13-7-8-16-14(10-13)18(22)21-9-3-6-17(21)20-16/h1-2,4-5,7-8,10H,3,6,9,11H2. The molecule has 0 fully saturated rings. The van der Waals surface area contributed by atoms with E-state index in [0.717, 1.165) is 36.3 Å². The Morgan fingerprint density at radius 2 is 2.09 bits per heavy atom. The number of fused-ring (bicyclic) bond motifs is 2. The van der Waals surface area contributed by atoms with E-state index < -0.39 is 0 Å². The number of halogens is 1. The van der Waals surface area contributed by atoms with E-state index >= 15 is 0 Å². The Bertz CT molecular complexity index is 949. The number of aromatic nitrogens is 2. The molecule has 116 valence electrons. The van der Waals surface area contributed by atoms with E-state index in [1.165, 1.54) is 0 Å². The van der Waals surface area contributed by atoms with Gasteiger partial charge in [-0.25, -0.2) is 4.98 Å². The van der Waals surface area contributed by atoms with Crippen molar-refractivity contribution < 1.29 is 4.74 Å². The van der Waals surface area contributed by atoms with Crippen molar-refractivity contribution in [3.8, 4) is 5.75 Å². The number of aryl methyl sites for hydroxylation is 1. The number of ether oxygens (including phenoxy) is 1. The third kappa shape index (κ3) is 2.59. The Labute approximate surface area is 138 Å². The maximum atomic E-state index is 12.5. The maximum Gasteiger partial charge on any atom is 0.261 e. The SMILES string of the molecule is O=c1c2cc(OCc3ccccc3Cl)ccc2nc2n1CCC2. The van der Waals surface area contributed by atoms with Gasteiger partial charge < -0.3 is 4.74 Å². The van der Waals surface area contributed by atoms with Gasteiger partial charge >= 0.3 is 0 Å². The summed E-state index contributed by atoms with van der Waals surface area (Å²) in [5, 5.41) is 1.28. The van der Waals surface area contributed by atoms with Crippen LogP contribution in [0.2, 0.25) is 5.02 Å². The summed E-state index contributed by atoms with van der Waals surface area (Å²) >= 11 is 6.13. The van der Waals surface area contributed by atoms with Gasteiger partial charge in [0.1, 0.15) is 18.2 Å². The van der Waals surface area contributed by atoms with Crippen molar-refractivity contribution in [3.63, 3.8) is 0 Å². The molecule has 0 unspecified atom stereocenters. The van der Waals surface area contributed by atoms with Crippen LogP contribution >= 0.6 is 11.6 Å². The van der Waals surface area contributed by atoms with Crippen molar-refractivity contribution in [3.05, 3.63) is 69.2 Å². The predicted octanol–water partition coefficient (Wildman–Crippen LogP) is 3.58. The smallest absolute Gasteiger partial charge is 0.261 e. The topological polar surface area (TPSA) is 44.1 Å². The number of benzene rings is 2. The predicted molar refractivity (Wildman–Crippen MR) is 90.1 cm³/mol. The van der Waals surface area contributed by atoms with Crippen LogP contribution in [0.5, 0.6) is 5.75 Å². The van der Waals surface area contributed by atoms with Crippen LogP contribution in [0.15, 0.2) is 47.3 Å². The summed E-state index contributed by atoms with van der Waals surface area (Å²) in [4.78, 5) is 17.1. The van der Waals surface area contributed by atoms with E-state index in [-0.39, 0.29) is 5.56 Å². The van der Waals surface area contributed by atoms with Crippen molar-refractivity contribution in [2.45, 2.75) is 26.0 Å². The van der Waals surface area contributed by atoms with E-state index in [4.69, 9.17) is 16.3 Å². The lowest BCUT2D eigenvalue weighted by atomic mass is 10.2. The molecule has 5 heteroatoms. The second-order valence-corrected chi connectivity index (χ2v) is 6.05. The van der Waals surface area contributed by atoms with E-state index in [2.05, 4.69) is 4.98 Å². The fourth-order valence-electron chi connectivity index (χ4n) is 2.93. The molecule has 0 bridgehead atoms. The van der Waals surface area contributed by atoms with Crippen LogP contribution in [0.1, 0.15) is 17.8 Å². The quantitative estimate of drug-likeness (QED) is 0.739. The van der Waals surface area contributed by atoms with Crippen molar-refractivity contribution >= 4 is 22.5 Å². The molecule has 0 saturated carbocycles. The molecular formula is C18H15ClN2O2. The molecule has 0 saturated heterocycles. The first-order valence-electron chi connectivity index (χ1n) is 7.62. The third-order valence-electron chi connectivity index (χ3n) is 4.14. The molecule has 0 radical (unpaired) electrons. The van der Waals surface area contributed by atoms with Crippen LogP contribution in [0.3, 0.4) is 0 Å². The second-order valence-electron chi connectivity index (χ2n) is 5.65. The summed E-state index contributed by atoms with van der Waals surface area (Å²) in [6, 6.07) is 13.0.